The Balaban J connectivity index is 1.65. The number of hydrogen-bond donors (Lipinski definition) is 2. The van der Waals surface area contributed by atoms with Crippen molar-refractivity contribution in [3.63, 3.8) is 0 Å². The molecule has 0 saturated heterocycles. The van der Waals surface area contributed by atoms with E-state index in [9.17, 15) is 13.2 Å². The molecule has 9 heteroatoms. The fourth-order valence-electron chi connectivity index (χ4n) is 3.11. The fraction of sp³-hybridized carbons (Fsp3) is 0.130. The number of pyridine rings is 1. The van der Waals surface area contributed by atoms with Crippen LogP contribution in [-0.4, -0.2) is 30.7 Å². The first-order valence-corrected chi connectivity index (χ1v) is 11.5. The lowest BCUT2D eigenvalue weighted by atomic mass is 10.1. The summed E-state index contributed by atoms with van der Waals surface area (Å²) in [6, 6.07) is 14.3. The Morgan fingerprint density at radius 1 is 1.12 bits per heavy atom. The van der Waals surface area contributed by atoms with Gasteiger partial charge in [0.2, 0.25) is 0 Å². The predicted molar refractivity (Wildman–Crippen MR) is 119 cm³/mol. The molecule has 0 atom stereocenters. The van der Waals surface area contributed by atoms with Gasteiger partial charge in [-0.1, -0.05) is 6.07 Å². The largest absolute Gasteiger partial charge is 0.461 e. The molecule has 0 spiro atoms. The zero-order valence-corrected chi connectivity index (χ0v) is 18.1. The number of nitrogens with one attached hydrogen (secondary N) is 1. The maximum atomic E-state index is 12.8. The van der Waals surface area contributed by atoms with E-state index in [0.717, 1.165) is 6.26 Å². The Morgan fingerprint density at radius 2 is 1.88 bits per heavy atom. The average molecular weight is 452 g/mol. The summed E-state index contributed by atoms with van der Waals surface area (Å²) in [5, 5.41) is 12.5. The van der Waals surface area contributed by atoms with Crippen LogP contribution in [-0.2, 0) is 16.4 Å². The highest BCUT2D eigenvalue weighted by molar-refractivity contribution is 7.90. The number of nitrogens with zero attached hydrogens (tertiary/aromatic N) is 1. The van der Waals surface area contributed by atoms with E-state index in [2.05, 4.69) is 10.3 Å². The van der Waals surface area contributed by atoms with Gasteiger partial charge in [0.1, 0.15) is 28.7 Å². The van der Waals surface area contributed by atoms with Crippen LogP contribution in [0.5, 0.6) is 11.5 Å². The Morgan fingerprint density at radius 3 is 2.50 bits per heavy atom. The van der Waals surface area contributed by atoms with Gasteiger partial charge in [-0.05, 0) is 61.0 Å². The summed E-state index contributed by atoms with van der Waals surface area (Å²) in [4.78, 5) is 17.1. The van der Waals surface area contributed by atoms with E-state index < -0.39 is 15.7 Å². The highest BCUT2D eigenvalue weighted by atomic mass is 32.2. The molecular formula is C23H20N2O6S. The fourth-order valence-corrected chi connectivity index (χ4v) is 3.74. The molecule has 2 aromatic heterocycles. The van der Waals surface area contributed by atoms with Crippen LogP contribution in [0.4, 0.5) is 5.82 Å². The highest BCUT2D eigenvalue weighted by Crippen LogP contribution is 2.34. The number of benzene rings is 2. The minimum Gasteiger partial charge on any atom is -0.461 e. The normalized spacial score (nSPS) is 11.5. The summed E-state index contributed by atoms with van der Waals surface area (Å²) in [6.45, 7) is 1.65. The molecule has 0 saturated carbocycles. The lowest BCUT2D eigenvalue weighted by Gasteiger charge is -2.10. The number of fused-ring (bicyclic) bond motifs is 1. The molecule has 1 amide bonds. The van der Waals surface area contributed by atoms with Gasteiger partial charge in [0.15, 0.2) is 9.84 Å². The van der Waals surface area contributed by atoms with Gasteiger partial charge in [0.05, 0.1) is 16.9 Å². The number of aliphatic hydroxyl groups is 1. The number of furan rings is 1. The number of aromatic nitrogens is 1. The molecule has 4 rings (SSSR count). The summed E-state index contributed by atoms with van der Waals surface area (Å²) in [5.74, 6) is 1.37. The summed E-state index contributed by atoms with van der Waals surface area (Å²) >= 11 is 0. The van der Waals surface area contributed by atoms with Crippen LogP contribution in [0.2, 0.25) is 0 Å². The van der Waals surface area contributed by atoms with Crippen LogP contribution in [0, 0.1) is 6.92 Å². The van der Waals surface area contributed by atoms with Crippen LogP contribution in [0.1, 0.15) is 21.7 Å². The Bertz CT molecular complexity index is 1390. The van der Waals surface area contributed by atoms with Crippen LogP contribution >= 0.6 is 0 Å². The average Bonchev–Trinajstić information content (AvgIpc) is 3.14. The number of amides is 1. The van der Waals surface area contributed by atoms with Gasteiger partial charge in [0, 0.05) is 18.0 Å². The van der Waals surface area contributed by atoms with E-state index in [0.29, 0.717) is 45.2 Å². The zero-order valence-electron chi connectivity index (χ0n) is 17.3. The van der Waals surface area contributed by atoms with Gasteiger partial charge in [-0.2, -0.15) is 0 Å². The first kappa shape index (κ1) is 21.5. The third kappa shape index (κ3) is 4.63. The highest BCUT2D eigenvalue weighted by Gasteiger charge is 2.16. The van der Waals surface area contributed by atoms with Crippen molar-refractivity contribution in [3.05, 3.63) is 77.7 Å². The van der Waals surface area contributed by atoms with Gasteiger partial charge >= 0.3 is 0 Å². The van der Waals surface area contributed by atoms with E-state index in [4.69, 9.17) is 14.3 Å². The second kappa shape index (κ2) is 8.45. The number of aryl methyl sites for hydroxylation is 1. The van der Waals surface area contributed by atoms with E-state index in [1.54, 1.807) is 49.4 Å². The standard InChI is InChI=1S/C23H20N2O6S/c1-14-9-19-20(30-14)10-16(23(27)25-22-8-3-15(13-26)12-24-22)11-21(19)31-17-4-6-18(7-5-17)32(2,28)29/h3-12,26H,13H2,1-2H3,(H,24,25,27). The minimum absolute atomic E-state index is 0.137. The molecule has 2 aromatic carbocycles. The topological polar surface area (TPSA) is 119 Å². The Hall–Kier alpha value is -3.69. The number of carbonyl (C=O) groups excluding carboxylic acids is 1. The van der Waals surface area contributed by atoms with E-state index >= 15 is 0 Å². The van der Waals surface area contributed by atoms with Crippen molar-refractivity contribution in [3.8, 4) is 11.5 Å². The van der Waals surface area contributed by atoms with Crippen molar-refractivity contribution in [1.29, 1.82) is 0 Å². The van der Waals surface area contributed by atoms with Gasteiger partial charge in [-0.3, -0.25) is 4.79 Å². The number of aliphatic hydroxyl groups excluding tert-OH is 1. The monoisotopic (exact) mass is 452 g/mol. The molecule has 2 heterocycles. The van der Waals surface area contributed by atoms with Gasteiger partial charge in [-0.15, -0.1) is 0 Å². The van der Waals surface area contributed by atoms with Crippen LogP contribution < -0.4 is 10.1 Å². The zero-order chi connectivity index (χ0) is 22.9. The molecule has 2 N–H and O–H groups in total. The van der Waals surface area contributed by atoms with Crippen LogP contribution in [0.25, 0.3) is 11.0 Å². The Labute approximate surface area is 184 Å². The number of hydrogen-bond acceptors (Lipinski definition) is 7. The van der Waals surface area contributed by atoms with Crippen molar-refractivity contribution in [2.75, 3.05) is 11.6 Å². The summed E-state index contributed by atoms with van der Waals surface area (Å²) in [7, 11) is -3.32. The molecule has 8 nitrogen and oxygen atoms in total. The first-order chi connectivity index (χ1) is 15.2. The number of ether oxygens (including phenoxy) is 1. The smallest absolute Gasteiger partial charge is 0.257 e. The van der Waals surface area contributed by atoms with Crippen molar-refractivity contribution in [2.45, 2.75) is 18.4 Å². The van der Waals surface area contributed by atoms with Crippen LogP contribution in [0.15, 0.2) is 70.1 Å². The van der Waals surface area contributed by atoms with Crippen molar-refractivity contribution >= 4 is 32.5 Å². The van der Waals surface area contributed by atoms with E-state index in [1.165, 1.54) is 18.3 Å². The van der Waals surface area contributed by atoms with Crippen molar-refractivity contribution in [1.82, 2.24) is 4.98 Å². The van der Waals surface area contributed by atoms with Gasteiger partial charge in [-0.25, -0.2) is 13.4 Å². The summed E-state index contributed by atoms with van der Waals surface area (Å²) in [6.07, 6.45) is 2.61. The molecule has 0 aliphatic rings. The summed E-state index contributed by atoms with van der Waals surface area (Å²) < 4.78 is 35.0. The number of anilines is 1. The molecular weight excluding hydrogens is 432 g/mol. The quantitative estimate of drug-likeness (QED) is 0.452. The van der Waals surface area contributed by atoms with E-state index in [1.807, 2.05) is 0 Å². The predicted octanol–water partition coefficient (Wildman–Crippen LogP) is 4.08. The van der Waals surface area contributed by atoms with Crippen molar-refractivity contribution < 1.29 is 27.5 Å². The molecule has 0 aliphatic heterocycles. The second-order valence-electron chi connectivity index (χ2n) is 7.25. The first-order valence-electron chi connectivity index (χ1n) is 9.62. The molecule has 0 fully saturated rings. The lowest BCUT2D eigenvalue weighted by Crippen LogP contribution is -2.13. The van der Waals surface area contributed by atoms with E-state index in [-0.39, 0.29) is 11.5 Å². The number of rotatable bonds is 6. The third-order valence-corrected chi connectivity index (χ3v) is 5.84. The molecule has 4 aromatic rings. The van der Waals surface area contributed by atoms with Crippen LogP contribution in [0.3, 0.4) is 0 Å². The third-order valence-electron chi connectivity index (χ3n) is 4.71. The second-order valence-corrected chi connectivity index (χ2v) is 9.27. The SMILES string of the molecule is Cc1cc2c(Oc3ccc(S(C)(=O)=O)cc3)cc(C(=O)Nc3ccc(CO)cn3)cc2o1. The van der Waals surface area contributed by atoms with Crippen molar-refractivity contribution in [2.24, 2.45) is 0 Å². The number of sulfone groups is 1. The minimum atomic E-state index is -3.32. The molecule has 32 heavy (non-hydrogen) atoms. The molecule has 164 valence electrons. The lowest BCUT2D eigenvalue weighted by molar-refractivity contribution is 0.102. The molecule has 0 unspecified atom stereocenters. The maximum absolute atomic E-state index is 12.8. The molecule has 0 aliphatic carbocycles. The molecule has 0 radical (unpaired) electrons. The summed E-state index contributed by atoms with van der Waals surface area (Å²) in [5.41, 5.74) is 1.40. The molecule has 0 bridgehead atoms. The Kier molecular flexibility index (Phi) is 5.68. The van der Waals surface area contributed by atoms with Gasteiger partial charge < -0.3 is 19.6 Å². The maximum Gasteiger partial charge on any atom is 0.257 e. The number of carbonyl (C=O) groups is 1. The van der Waals surface area contributed by atoms with Gasteiger partial charge in [0.25, 0.3) is 5.91 Å².